The summed E-state index contributed by atoms with van der Waals surface area (Å²) < 4.78 is 11.1. The second-order valence-corrected chi connectivity index (χ2v) is 7.06. The number of carbonyl (C=O) groups excluding carboxylic acids is 1. The van der Waals surface area contributed by atoms with Crippen LogP contribution in [0.15, 0.2) is 0 Å². The Morgan fingerprint density at radius 2 is 1.42 bits per heavy atom. The number of hydrogen-bond donors (Lipinski definition) is 0. The minimum atomic E-state index is -0.242. The van der Waals surface area contributed by atoms with Gasteiger partial charge in [-0.15, -0.1) is 0 Å². The Morgan fingerprint density at radius 3 is 1.95 bits per heavy atom. The molecule has 19 heavy (non-hydrogen) atoms. The van der Waals surface area contributed by atoms with Gasteiger partial charge in [0.2, 0.25) is 0 Å². The standard InChI is InChI=1S/C16H32O3/c1-15(2,3)14(17)10-13-18-11-8-7-9-12-19-16(4,5)6/h7-13H2,1-6H3. The molecule has 0 saturated heterocycles. The molecule has 0 saturated carbocycles. The molecule has 3 heteroatoms. The largest absolute Gasteiger partial charge is 0.381 e. The van der Waals surface area contributed by atoms with Crippen LogP contribution in [-0.2, 0) is 14.3 Å². The van der Waals surface area contributed by atoms with Crippen LogP contribution in [0.25, 0.3) is 0 Å². The highest BCUT2D eigenvalue weighted by Crippen LogP contribution is 2.16. The van der Waals surface area contributed by atoms with E-state index in [1.807, 2.05) is 20.8 Å². The van der Waals surface area contributed by atoms with Crippen molar-refractivity contribution in [3.8, 4) is 0 Å². The highest BCUT2D eigenvalue weighted by atomic mass is 16.5. The molecule has 0 bridgehead atoms. The van der Waals surface area contributed by atoms with Crippen LogP contribution in [0.3, 0.4) is 0 Å². The predicted molar refractivity (Wildman–Crippen MR) is 79.5 cm³/mol. The molecule has 0 aromatic carbocycles. The van der Waals surface area contributed by atoms with Gasteiger partial charge in [0.15, 0.2) is 0 Å². The van der Waals surface area contributed by atoms with Gasteiger partial charge in [-0.25, -0.2) is 0 Å². The van der Waals surface area contributed by atoms with Crippen LogP contribution < -0.4 is 0 Å². The first kappa shape index (κ1) is 18.6. The van der Waals surface area contributed by atoms with Crippen molar-refractivity contribution < 1.29 is 14.3 Å². The van der Waals surface area contributed by atoms with Crippen molar-refractivity contribution in [3.05, 3.63) is 0 Å². The van der Waals surface area contributed by atoms with Crippen molar-refractivity contribution in [1.82, 2.24) is 0 Å². The summed E-state index contributed by atoms with van der Waals surface area (Å²) in [5, 5.41) is 0. The summed E-state index contributed by atoms with van der Waals surface area (Å²) in [6.45, 7) is 14.2. The van der Waals surface area contributed by atoms with Crippen LogP contribution in [0.1, 0.15) is 67.2 Å². The van der Waals surface area contributed by atoms with Crippen LogP contribution in [0, 0.1) is 5.41 Å². The number of ether oxygens (including phenoxy) is 2. The third kappa shape index (κ3) is 12.4. The quantitative estimate of drug-likeness (QED) is 0.595. The van der Waals surface area contributed by atoms with Crippen LogP contribution in [0.2, 0.25) is 0 Å². The smallest absolute Gasteiger partial charge is 0.140 e. The first-order chi connectivity index (χ1) is 8.63. The average Bonchev–Trinajstić information content (AvgIpc) is 2.23. The lowest BCUT2D eigenvalue weighted by Crippen LogP contribution is -2.21. The highest BCUT2D eigenvalue weighted by molar-refractivity contribution is 5.83. The molecule has 0 aliphatic heterocycles. The molecule has 0 unspecified atom stereocenters. The summed E-state index contributed by atoms with van der Waals surface area (Å²) in [5.74, 6) is 0.270. The normalized spacial score (nSPS) is 12.7. The third-order valence-corrected chi connectivity index (χ3v) is 2.78. The van der Waals surface area contributed by atoms with Crippen molar-refractivity contribution in [2.45, 2.75) is 72.8 Å². The molecule has 0 atom stereocenters. The van der Waals surface area contributed by atoms with Gasteiger partial charge in [-0.2, -0.15) is 0 Å². The second-order valence-electron chi connectivity index (χ2n) is 7.06. The molecular formula is C16H32O3. The summed E-state index contributed by atoms with van der Waals surface area (Å²) in [7, 11) is 0. The molecule has 0 rings (SSSR count). The highest BCUT2D eigenvalue weighted by Gasteiger charge is 2.20. The van der Waals surface area contributed by atoms with Crippen LogP contribution >= 0.6 is 0 Å². The summed E-state index contributed by atoms with van der Waals surface area (Å²) in [5.41, 5.74) is -0.280. The fourth-order valence-electron chi connectivity index (χ4n) is 1.50. The number of rotatable bonds is 9. The Hall–Kier alpha value is -0.410. The van der Waals surface area contributed by atoms with Gasteiger partial charge < -0.3 is 9.47 Å². The number of carbonyl (C=O) groups is 1. The topological polar surface area (TPSA) is 35.5 Å². The lowest BCUT2D eigenvalue weighted by Gasteiger charge is -2.19. The molecule has 0 aliphatic rings. The van der Waals surface area contributed by atoms with E-state index in [1.165, 1.54) is 0 Å². The van der Waals surface area contributed by atoms with Crippen molar-refractivity contribution in [3.63, 3.8) is 0 Å². The molecule has 0 N–H and O–H groups in total. The molecule has 0 heterocycles. The second kappa shape index (κ2) is 8.70. The minimum Gasteiger partial charge on any atom is -0.381 e. The van der Waals surface area contributed by atoms with Crippen molar-refractivity contribution in [1.29, 1.82) is 0 Å². The molecule has 0 radical (unpaired) electrons. The maximum atomic E-state index is 11.6. The van der Waals surface area contributed by atoms with E-state index < -0.39 is 0 Å². The molecule has 114 valence electrons. The van der Waals surface area contributed by atoms with Crippen LogP contribution in [0.4, 0.5) is 0 Å². The monoisotopic (exact) mass is 272 g/mol. The first-order valence-corrected chi connectivity index (χ1v) is 7.38. The van der Waals surface area contributed by atoms with Crippen molar-refractivity contribution in [2.75, 3.05) is 19.8 Å². The SMILES string of the molecule is CC(C)(C)OCCCCCOCCC(=O)C(C)(C)C. The molecule has 0 fully saturated rings. The number of ketones is 1. The van der Waals surface area contributed by atoms with Gasteiger partial charge in [0.25, 0.3) is 0 Å². The van der Waals surface area contributed by atoms with Gasteiger partial charge in [0.05, 0.1) is 12.2 Å². The molecule has 0 amide bonds. The Balaban J connectivity index is 3.31. The predicted octanol–water partition coefficient (Wildman–Crippen LogP) is 3.99. The van der Waals surface area contributed by atoms with Gasteiger partial charge in [-0.3, -0.25) is 4.79 Å². The summed E-state index contributed by atoms with van der Waals surface area (Å²) in [6.07, 6.45) is 3.75. The summed E-state index contributed by atoms with van der Waals surface area (Å²) in [6, 6.07) is 0. The van der Waals surface area contributed by atoms with Gasteiger partial charge in [-0.1, -0.05) is 20.8 Å². The Labute approximate surface area is 119 Å². The van der Waals surface area contributed by atoms with E-state index >= 15 is 0 Å². The van der Waals surface area contributed by atoms with Gasteiger partial charge in [-0.05, 0) is 40.0 Å². The summed E-state index contributed by atoms with van der Waals surface area (Å²) >= 11 is 0. The summed E-state index contributed by atoms with van der Waals surface area (Å²) in [4.78, 5) is 11.6. The fourth-order valence-corrected chi connectivity index (χ4v) is 1.50. The Bertz CT molecular complexity index is 246. The van der Waals surface area contributed by atoms with E-state index in [-0.39, 0.29) is 16.8 Å². The maximum Gasteiger partial charge on any atom is 0.140 e. The first-order valence-electron chi connectivity index (χ1n) is 7.38. The number of unbranched alkanes of at least 4 members (excludes halogenated alkanes) is 2. The average molecular weight is 272 g/mol. The van der Waals surface area contributed by atoms with E-state index in [2.05, 4.69) is 20.8 Å². The van der Waals surface area contributed by atoms with Crippen LogP contribution in [0.5, 0.6) is 0 Å². The molecule has 0 spiro atoms. The fraction of sp³-hybridized carbons (Fsp3) is 0.938. The van der Waals surface area contributed by atoms with E-state index in [1.54, 1.807) is 0 Å². The molecule has 0 aromatic heterocycles. The van der Waals surface area contributed by atoms with Gasteiger partial charge in [0.1, 0.15) is 5.78 Å². The molecular weight excluding hydrogens is 240 g/mol. The molecule has 0 aromatic rings. The number of hydrogen-bond acceptors (Lipinski definition) is 3. The maximum absolute atomic E-state index is 11.6. The zero-order valence-electron chi connectivity index (χ0n) is 13.7. The zero-order chi connectivity index (χ0) is 14.9. The van der Waals surface area contributed by atoms with Crippen molar-refractivity contribution in [2.24, 2.45) is 5.41 Å². The van der Waals surface area contributed by atoms with E-state index in [0.717, 1.165) is 32.5 Å². The van der Waals surface area contributed by atoms with Gasteiger partial charge >= 0.3 is 0 Å². The zero-order valence-corrected chi connectivity index (χ0v) is 13.7. The lowest BCUT2D eigenvalue weighted by molar-refractivity contribution is -0.127. The molecule has 0 aliphatic carbocycles. The van der Waals surface area contributed by atoms with E-state index in [4.69, 9.17) is 9.47 Å². The lowest BCUT2D eigenvalue weighted by atomic mass is 9.89. The Morgan fingerprint density at radius 1 is 0.842 bits per heavy atom. The van der Waals surface area contributed by atoms with Crippen molar-refractivity contribution >= 4 is 5.78 Å². The third-order valence-electron chi connectivity index (χ3n) is 2.78. The van der Waals surface area contributed by atoms with E-state index in [9.17, 15) is 4.79 Å². The van der Waals surface area contributed by atoms with E-state index in [0.29, 0.717) is 13.0 Å². The Kier molecular flexibility index (Phi) is 8.51. The number of Topliss-reactive ketones (excluding diaryl/α,β-unsaturated/α-hetero) is 1. The molecule has 3 nitrogen and oxygen atoms in total. The van der Waals surface area contributed by atoms with Crippen LogP contribution in [-0.4, -0.2) is 31.2 Å². The minimum absolute atomic E-state index is 0.0379. The van der Waals surface area contributed by atoms with Gasteiger partial charge in [0, 0.05) is 25.0 Å².